The van der Waals surface area contributed by atoms with Crippen LogP contribution in [0.15, 0.2) is 53.4 Å². The van der Waals surface area contributed by atoms with Crippen molar-refractivity contribution in [3.8, 4) is 0 Å². The molecule has 0 saturated heterocycles. The topological polar surface area (TPSA) is 101 Å². The summed E-state index contributed by atoms with van der Waals surface area (Å²) in [5.41, 5.74) is 3.46. The number of nitrogens with one attached hydrogen (secondary N) is 1. The van der Waals surface area contributed by atoms with Gasteiger partial charge in [0, 0.05) is 12.8 Å². The lowest BCUT2D eigenvalue weighted by Gasteiger charge is -2.22. The lowest BCUT2D eigenvalue weighted by molar-refractivity contribution is -0.142. The van der Waals surface area contributed by atoms with Crippen LogP contribution in [0.5, 0.6) is 0 Å². The number of benzene rings is 2. The number of hydrogen-bond acceptors (Lipinski definition) is 7. The van der Waals surface area contributed by atoms with Gasteiger partial charge < -0.3 is 14.0 Å². The van der Waals surface area contributed by atoms with Gasteiger partial charge in [0.15, 0.2) is 16.1 Å². The number of carbonyl (C=O) groups excluding carboxylic acids is 2. The number of aromatic nitrogens is 1. The van der Waals surface area contributed by atoms with E-state index in [1.807, 2.05) is 36.4 Å². The van der Waals surface area contributed by atoms with Crippen LogP contribution >= 0.6 is 22.9 Å². The van der Waals surface area contributed by atoms with Crippen molar-refractivity contribution < 1.29 is 23.6 Å². The number of ether oxygens (including phenoxy) is 2. The molecule has 0 bridgehead atoms. The second-order valence-electron chi connectivity index (χ2n) is 9.09. The third kappa shape index (κ3) is 6.35. The van der Waals surface area contributed by atoms with E-state index in [4.69, 9.17) is 21.1 Å². The molecule has 10 heteroatoms. The molecule has 1 heterocycles. The van der Waals surface area contributed by atoms with Crippen molar-refractivity contribution in [1.82, 2.24) is 4.98 Å². The standard InChI is InChI=1S/C27H27ClN2O5S2/c1-2-34-23(31)15-22-25(28)36-27(29-22)30-26(32)24(35-19-13-17-5-3-4-6-18(17)14-19)16-7-9-20(10-8-16)37(33)21-11-12-21/h3-10,19,21,24H,2,11-15H2,1H3,(H,29,30,32). The van der Waals surface area contributed by atoms with Crippen molar-refractivity contribution in [1.29, 1.82) is 0 Å². The Morgan fingerprint density at radius 2 is 1.84 bits per heavy atom. The lowest BCUT2D eigenvalue weighted by atomic mass is 10.1. The van der Waals surface area contributed by atoms with Crippen LogP contribution in [-0.4, -0.2) is 39.4 Å². The summed E-state index contributed by atoms with van der Waals surface area (Å²) >= 11 is 6.33. The van der Waals surface area contributed by atoms with E-state index in [2.05, 4.69) is 22.4 Å². The van der Waals surface area contributed by atoms with Crippen molar-refractivity contribution in [2.75, 3.05) is 11.9 Å². The molecule has 2 unspecified atom stereocenters. The quantitative estimate of drug-likeness (QED) is 0.276. The minimum Gasteiger partial charge on any atom is -0.611 e. The number of amides is 1. The van der Waals surface area contributed by atoms with Gasteiger partial charge in [-0.05, 0) is 59.8 Å². The number of nitrogens with zero attached hydrogens (tertiary/aromatic N) is 1. The minimum absolute atomic E-state index is 0.0705. The van der Waals surface area contributed by atoms with Gasteiger partial charge in [-0.15, -0.1) is 0 Å². The van der Waals surface area contributed by atoms with E-state index in [1.54, 1.807) is 6.92 Å². The van der Waals surface area contributed by atoms with Crippen molar-refractivity contribution in [2.45, 2.75) is 61.4 Å². The first-order valence-corrected chi connectivity index (χ1v) is 14.7. The number of esters is 1. The number of thiazole rings is 1. The molecule has 5 rings (SSSR count). The van der Waals surface area contributed by atoms with Crippen LogP contribution in [0.25, 0.3) is 0 Å². The van der Waals surface area contributed by atoms with Gasteiger partial charge in [0.1, 0.15) is 9.59 Å². The van der Waals surface area contributed by atoms with Gasteiger partial charge in [0.05, 0.1) is 24.8 Å². The highest BCUT2D eigenvalue weighted by atomic mass is 35.5. The molecule has 2 aromatic carbocycles. The molecule has 1 fully saturated rings. The molecule has 1 N–H and O–H groups in total. The maximum atomic E-state index is 13.5. The van der Waals surface area contributed by atoms with E-state index >= 15 is 0 Å². The second kappa shape index (κ2) is 11.5. The molecule has 1 aromatic heterocycles. The highest BCUT2D eigenvalue weighted by Gasteiger charge is 2.36. The van der Waals surface area contributed by atoms with E-state index < -0.39 is 23.2 Å². The lowest BCUT2D eigenvalue weighted by Crippen LogP contribution is -2.28. The highest BCUT2D eigenvalue weighted by molar-refractivity contribution is 7.92. The summed E-state index contributed by atoms with van der Waals surface area (Å²) in [6, 6.07) is 15.4. The van der Waals surface area contributed by atoms with E-state index in [1.165, 1.54) is 11.1 Å². The monoisotopic (exact) mass is 558 g/mol. The van der Waals surface area contributed by atoms with Gasteiger partial charge in [-0.3, -0.25) is 14.9 Å². The third-order valence-electron chi connectivity index (χ3n) is 6.32. The molecule has 3 aromatic rings. The number of carbonyl (C=O) groups is 2. The van der Waals surface area contributed by atoms with Gasteiger partial charge in [-0.1, -0.05) is 59.3 Å². The van der Waals surface area contributed by atoms with Crippen molar-refractivity contribution >= 4 is 51.1 Å². The van der Waals surface area contributed by atoms with Crippen LogP contribution in [0.4, 0.5) is 5.13 Å². The molecule has 1 saturated carbocycles. The first-order chi connectivity index (χ1) is 17.9. The Balaban J connectivity index is 1.34. The van der Waals surface area contributed by atoms with Crippen LogP contribution in [0.3, 0.4) is 0 Å². The molecule has 2 aliphatic carbocycles. The largest absolute Gasteiger partial charge is 0.611 e. The van der Waals surface area contributed by atoms with Crippen LogP contribution in [0.2, 0.25) is 4.34 Å². The zero-order chi connectivity index (χ0) is 25.9. The maximum absolute atomic E-state index is 13.5. The van der Waals surface area contributed by atoms with Crippen LogP contribution in [0, 0.1) is 0 Å². The Morgan fingerprint density at radius 1 is 1.16 bits per heavy atom. The molecular formula is C27H27ClN2O5S2. The van der Waals surface area contributed by atoms with E-state index in [0.29, 0.717) is 15.6 Å². The predicted octanol–water partition coefficient (Wildman–Crippen LogP) is 5.04. The maximum Gasteiger partial charge on any atom is 0.311 e. The summed E-state index contributed by atoms with van der Waals surface area (Å²) in [5, 5.41) is 3.33. The SMILES string of the molecule is CCOC(=O)Cc1nc(NC(=O)C(OC2Cc3ccccc3C2)c2ccc([S+]([O-])C3CC3)cc2)sc1Cl. The molecule has 0 radical (unpaired) electrons. The summed E-state index contributed by atoms with van der Waals surface area (Å²) in [5.74, 6) is -0.821. The zero-order valence-electron chi connectivity index (χ0n) is 20.3. The normalized spacial score (nSPS) is 16.7. The number of fused-ring (bicyclic) bond motifs is 1. The molecule has 194 valence electrons. The van der Waals surface area contributed by atoms with Crippen LogP contribution in [0.1, 0.15) is 48.3 Å². The Morgan fingerprint density at radius 3 is 2.46 bits per heavy atom. The first kappa shape index (κ1) is 26.2. The number of rotatable bonds is 10. The highest BCUT2D eigenvalue weighted by Crippen LogP contribution is 2.35. The van der Waals surface area contributed by atoms with Gasteiger partial charge in [0.25, 0.3) is 5.91 Å². The fourth-order valence-electron chi connectivity index (χ4n) is 4.37. The second-order valence-corrected chi connectivity index (χ2v) is 12.4. The zero-order valence-corrected chi connectivity index (χ0v) is 22.7. The van der Waals surface area contributed by atoms with Crippen molar-refractivity contribution in [3.63, 3.8) is 0 Å². The van der Waals surface area contributed by atoms with Gasteiger partial charge in [-0.2, -0.15) is 0 Å². The summed E-state index contributed by atoms with van der Waals surface area (Å²) in [4.78, 5) is 30.4. The van der Waals surface area contributed by atoms with Gasteiger partial charge in [0.2, 0.25) is 0 Å². The summed E-state index contributed by atoms with van der Waals surface area (Å²) in [6.07, 6.45) is 2.27. The van der Waals surface area contributed by atoms with Gasteiger partial charge in [-0.25, -0.2) is 4.98 Å². The molecule has 2 aliphatic rings. The van der Waals surface area contributed by atoms with Crippen molar-refractivity contribution in [2.24, 2.45) is 0 Å². The Kier molecular flexibility index (Phi) is 8.16. The molecule has 2 atom stereocenters. The summed E-state index contributed by atoms with van der Waals surface area (Å²) < 4.78 is 24.2. The summed E-state index contributed by atoms with van der Waals surface area (Å²) in [6.45, 7) is 1.99. The smallest absolute Gasteiger partial charge is 0.311 e. The molecule has 0 spiro atoms. The Labute approximate surface area is 227 Å². The Hall–Kier alpha value is -2.43. The number of hydrogen-bond donors (Lipinski definition) is 1. The van der Waals surface area contributed by atoms with Crippen molar-refractivity contribution in [3.05, 3.63) is 75.3 Å². The molecular weight excluding hydrogens is 532 g/mol. The fourth-order valence-corrected chi connectivity index (χ4v) is 6.76. The van der Waals surface area contributed by atoms with Crippen LogP contribution < -0.4 is 5.32 Å². The van der Waals surface area contributed by atoms with Gasteiger partial charge >= 0.3 is 5.97 Å². The molecule has 0 aliphatic heterocycles. The third-order valence-corrected chi connectivity index (χ3v) is 9.38. The molecule has 37 heavy (non-hydrogen) atoms. The average molecular weight is 559 g/mol. The first-order valence-electron chi connectivity index (χ1n) is 12.3. The number of anilines is 1. The predicted molar refractivity (Wildman–Crippen MR) is 143 cm³/mol. The Bertz CT molecular complexity index is 1250. The average Bonchev–Trinajstić information content (AvgIpc) is 3.57. The molecule has 7 nitrogen and oxygen atoms in total. The van der Waals surface area contributed by atoms with Crippen LogP contribution in [-0.2, 0) is 49.5 Å². The number of halogens is 1. The fraction of sp³-hybridized carbons (Fsp3) is 0.370. The van der Waals surface area contributed by atoms with E-state index in [-0.39, 0.29) is 35.4 Å². The summed E-state index contributed by atoms with van der Waals surface area (Å²) in [7, 11) is 0. The van der Waals surface area contributed by atoms with E-state index in [0.717, 1.165) is 41.9 Å². The van der Waals surface area contributed by atoms with E-state index in [9.17, 15) is 14.1 Å². The molecule has 1 amide bonds. The minimum atomic E-state index is -1.03.